The van der Waals surface area contributed by atoms with E-state index in [-0.39, 0.29) is 6.42 Å². The molecule has 25 heavy (non-hydrogen) atoms. The van der Waals surface area contributed by atoms with Gasteiger partial charge in [-0.05, 0) is 55.1 Å². The SMILES string of the molecule is CCCCC[C@H]1CC[C@H](c2ccc(C=CCCC(F)(F)F)cc2)CC1. The smallest absolute Gasteiger partial charge is 0.171 e. The first kappa shape index (κ1) is 20.1. The molecule has 0 spiro atoms. The highest BCUT2D eigenvalue weighted by molar-refractivity contribution is 5.49. The van der Waals surface area contributed by atoms with Crippen molar-refractivity contribution in [3.05, 3.63) is 41.5 Å². The molecule has 140 valence electrons. The van der Waals surface area contributed by atoms with Crippen LogP contribution in [0.15, 0.2) is 30.3 Å². The van der Waals surface area contributed by atoms with Gasteiger partial charge in [0.1, 0.15) is 0 Å². The number of hydrogen-bond acceptors (Lipinski definition) is 0. The molecule has 1 saturated carbocycles. The third-order valence-corrected chi connectivity index (χ3v) is 5.38. The van der Waals surface area contributed by atoms with Crippen LogP contribution in [0.1, 0.15) is 88.2 Å². The highest BCUT2D eigenvalue weighted by Crippen LogP contribution is 2.37. The van der Waals surface area contributed by atoms with E-state index >= 15 is 0 Å². The molecule has 1 aliphatic carbocycles. The molecular formula is C22H31F3. The summed E-state index contributed by atoms with van der Waals surface area (Å²) in [7, 11) is 0. The molecule has 0 saturated heterocycles. The second-order valence-corrected chi connectivity index (χ2v) is 7.44. The molecule has 0 bridgehead atoms. The van der Waals surface area contributed by atoms with Crippen molar-refractivity contribution >= 4 is 6.08 Å². The van der Waals surface area contributed by atoms with Gasteiger partial charge < -0.3 is 0 Å². The molecule has 0 unspecified atom stereocenters. The van der Waals surface area contributed by atoms with Crippen molar-refractivity contribution in [1.29, 1.82) is 0 Å². The Balaban J connectivity index is 1.76. The molecule has 1 aromatic rings. The largest absolute Gasteiger partial charge is 0.389 e. The standard InChI is InChI=1S/C22H31F3/c1-2-3-4-7-18-9-13-20(14-10-18)21-15-11-19(12-16-21)8-5-6-17-22(23,24)25/h5,8,11-12,15-16,18,20H,2-4,6-7,9-10,13-14,17H2,1H3/t18-,20-. The second-order valence-electron chi connectivity index (χ2n) is 7.44. The van der Waals surface area contributed by atoms with Crippen molar-refractivity contribution in [1.82, 2.24) is 0 Å². The average molecular weight is 352 g/mol. The van der Waals surface area contributed by atoms with Gasteiger partial charge in [0.2, 0.25) is 0 Å². The second kappa shape index (κ2) is 10.0. The summed E-state index contributed by atoms with van der Waals surface area (Å²) in [6.07, 6.45) is 9.30. The van der Waals surface area contributed by atoms with E-state index in [1.807, 2.05) is 12.1 Å². The summed E-state index contributed by atoms with van der Waals surface area (Å²) >= 11 is 0. The number of alkyl halides is 3. The summed E-state index contributed by atoms with van der Waals surface area (Å²) in [5, 5.41) is 0. The topological polar surface area (TPSA) is 0 Å². The number of benzene rings is 1. The molecule has 1 aliphatic rings. The van der Waals surface area contributed by atoms with Crippen molar-refractivity contribution in [2.75, 3.05) is 0 Å². The Bertz CT molecular complexity index is 505. The zero-order valence-corrected chi connectivity index (χ0v) is 15.3. The Morgan fingerprint density at radius 3 is 2.28 bits per heavy atom. The molecule has 0 radical (unpaired) electrons. The first-order valence-corrected chi connectivity index (χ1v) is 9.81. The predicted octanol–water partition coefficient (Wildman–Crippen LogP) is 7.90. The highest BCUT2D eigenvalue weighted by atomic mass is 19.4. The normalized spacial score (nSPS) is 21.8. The number of allylic oxidation sites excluding steroid dienone is 1. The van der Waals surface area contributed by atoms with E-state index in [4.69, 9.17) is 0 Å². The third kappa shape index (κ3) is 7.66. The van der Waals surface area contributed by atoms with Crippen LogP contribution >= 0.6 is 0 Å². The van der Waals surface area contributed by atoms with Gasteiger partial charge in [-0.15, -0.1) is 0 Å². The molecule has 0 aliphatic heterocycles. The van der Waals surface area contributed by atoms with Crippen LogP contribution < -0.4 is 0 Å². The van der Waals surface area contributed by atoms with E-state index in [9.17, 15) is 13.2 Å². The third-order valence-electron chi connectivity index (χ3n) is 5.38. The quantitative estimate of drug-likeness (QED) is 0.417. The summed E-state index contributed by atoms with van der Waals surface area (Å²) in [5.74, 6) is 1.57. The van der Waals surface area contributed by atoms with Gasteiger partial charge in [-0.25, -0.2) is 0 Å². The predicted molar refractivity (Wildman–Crippen MR) is 99.6 cm³/mol. The van der Waals surface area contributed by atoms with Gasteiger partial charge in [0.25, 0.3) is 0 Å². The van der Waals surface area contributed by atoms with Crippen LogP contribution in [-0.2, 0) is 0 Å². The van der Waals surface area contributed by atoms with E-state index in [0.29, 0.717) is 5.92 Å². The van der Waals surface area contributed by atoms with Crippen LogP contribution in [-0.4, -0.2) is 6.18 Å². The van der Waals surface area contributed by atoms with Crippen molar-refractivity contribution < 1.29 is 13.2 Å². The van der Waals surface area contributed by atoms with Crippen LogP contribution in [0.4, 0.5) is 13.2 Å². The van der Waals surface area contributed by atoms with Gasteiger partial charge in [-0.3, -0.25) is 0 Å². The van der Waals surface area contributed by atoms with Crippen molar-refractivity contribution in [3.63, 3.8) is 0 Å². The van der Waals surface area contributed by atoms with Gasteiger partial charge in [-0.2, -0.15) is 13.2 Å². The van der Waals surface area contributed by atoms with E-state index in [0.717, 1.165) is 11.5 Å². The first-order chi connectivity index (χ1) is 12.0. The molecule has 0 heterocycles. The summed E-state index contributed by atoms with van der Waals surface area (Å²) in [6, 6.07) is 8.39. The van der Waals surface area contributed by atoms with Gasteiger partial charge in [-0.1, -0.05) is 69.0 Å². The molecule has 0 aromatic heterocycles. The van der Waals surface area contributed by atoms with Crippen molar-refractivity contribution in [2.24, 2.45) is 5.92 Å². The minimum atomic E-state index is -4.07. The summed E-state index contributed by atoms with van der Waals surface area (Å²) in [6.45, 7) is 2.26. The lowest BCUT2D eigenvalue weighted by atomic mass is 9.77. The highest BCUT2D eigenvalue weighted by Gasteiger charge is 2.25. The summed E-state index contributed by atoms with van der Waals surface area (Å²) in [5.41, 5.74) is 2.37. The number of rotatable bonds is 8. The lowest BCUT2D eigenvalue weighted by Gasteiger charge is -2.29. The van der Waals surface area contributed by atoms with E-state index in [2.05, 4.69) is 19.1 Å². The minimum Gasteiger partial charge on any atom is -0.171 e. The molecule has 1 aromatic carbocycles. The van der Waals surface area contributed by atoms with Crippen LogP contribution in [0.3, 0.4) is 0 Å². The fourth-order valence-corrected chi connectivity index (χ4v) is 3.81. The van der Waals surface area contributed by atoms with E-state index < -0.39 is 12.6 Å². The Morgan fingerprint density at radius 2 is 1.68 bits per heavy atom. The summed E-state index contributed by atoms with van der Waals surface area (Å²) < 4.78 is 36.4. The van der Waals surface area contributed by atoms with Gasteiger partial charge in [0, 0.05) is 6.42 Å². The summed E-state index contributed by atoms with van der Waals surface area (Å²) in [4.78, 5) is 0. The van der Waals surface area contributed by atoms with Crippen LogP contribution in [0, 0.1) is 5.92 Å². The average Bonchev–Trinajstić information content (AvgIpc) is 2.59. The maximum Gasteiger partial charge on any atom is 0.389 e. The van der Waals surface area contributed by atoms with Crippen molar-refractivity contribution in [3.8, 4) is 0 Å². The fraction of sp³-hybridized carbons (Fsp3) is 0.636. The monoisotopic (exact) mass is 352 g/mol. The zero-order chi connectivity index (χ0) is 18.1. The first-order valence-electron chi connectivity index (χ1n) is 9.81. The molecule has 2 rings (SSSR count). The maximum atomic E-state index is 12.1. The lowest BCUT2D eigenvalue weighted by Crippen LogP contribution is -2.13. The maximum absolute atomic E-state index is 12.1. The molecule has 0 nitrogen and oxygen atoms in total. The van der Waals surface area contributed by atoms with E-state index in [1.54, 1.807) is 12.2 Å². The van der Waals surface area contributed by atoms with Crippen LogP contribution in [0.5, 0.6) is 0 Å². The molecule has 0 N–H and O–H groups in total. The number of hydrogen-bond donors (Lipinski definition) is 0. The fourth-order valence-electron chi connectivity index (χ4n) is 3.81. The lowest BCUT2D eigenvalue weighted by molar-refractivity contribution is -0.133. The number of halogens is 3. The van der Waals surface area contributed by atoms with Crippen molar-refractivity contribution in [2.45, 2.75) is 83.2 Å². The number of unbranched alkanes of at least 4 members (excludes halogenated alkanes) is 2. The van der Waals surface area contributed by atoms with Gasteiger partial charge in [0.15, 0.2) is 0 Å². The van der Waals surface area contributed by atoms with Crippen LogP contribution in [0.2, 0.25) is 0 Å². The molecule has 0 amide bonds. The Kier molecular flexibility index (Phi) is 8.05. The molecular weight excluding hydrogens is 321 g/mol. The van der Waals surface area contributed by atoms with Gasteiger partial charge in [0.05, 0.1) is 0 Å². The Labute approximate surface area is 150 Å². The Morgan fingerprint density at radius 1 is 1.00 bits per heavy atom. The molecule has 0 atom stereocenters. The zero-order valence-electron chi connectivity index (χ0n) is 15.3. The molecule has 1 fully saturated rings. The van der Waals surface area contributed by atoms with Gasteiger partial charge >= 0.3 is 6.18 Å². The molecule has 3 heteroatoms. The minimum absolute atomic E-state index is 0.0489. The van der Waals surface area contributed by atoms with Crippen LogP contribution in [0.25, 0.3) is 6.08 Å². The van der Waals surface area contributed by atoms with E-state index in [1.165, 1.54) is 56.9 Å². The Hall–Kier alpha value is -1.25.